The molecule has 10 heavy (non-hydrogen) atoms. The van der Waals surface area contributed by atoms with Crippen molar-refractivity contribution < 1.29 is 0 Å². The van der Waals surface area contributed by atoms with Crippen LogP contribution in [0, 0.1) is 0 Å². The van der Waals surface area contributed by atoms with Crippen molar-refractivity contribution >= 4 is 13.6 Å². The summed E-state index contributed by atoms with van der Waals surface area (Å²) in [4.78, 5) is 0. The number of hydrogen-bond acceptors (Lipinski definition) is 1. The molecular weight excluding hydrogens is 141 g/mol. The fourth-order valence-corrected chi connectivity index (χ4v) is 1.86. The Kier molecular flexibility index (Phi) is 2.82. The first kappa shape index (κ1) is 7.68. The van der Waals surface area contributed by atoms with E-state index < -0.39 is 0 Å². The third-order valence-electron chi connectivity index (χ3n) is 1.67. The highest BCUT2D eigenvalue weighted by atomic mass is 31.0. The molecule has 0 radical (unpaired) electrons. The normalized spacial score (nSPS) is 10.9. The third-order valence-corrected chi connectivity index (χ3v) is 2.63. The van der Waals surface area contributed by atoms with Crippen molar-refractivity contribution in [3.8, 4) is 0 Å². The summed E-state index contributed by atoms with van der Waals surface area (Å²) in [6.45, 7) is 2.21. The Hall–Kier alpha value is -0.420. The van der Waals surface area contributed by atoms with Crippen LogP contribution >= 0.6 is 8.19 Å². The van der Waals surface area contributed by atoms with Crippen LogP contribution in [0.3, 0.4) is 0 Å². The minimum Gasteiger partial charge on any atom is -0.396 e. The molecule has 0 saturated carbocycles. The fraction of sp³-hybridized carbons (Fsp3) is 0.500. The Labute approximate surface area is 63.7 Å². The molecular formula is C8H14NP. The third kappa shape index (κ3) is 1.78. The van der Waals surface area contributed by atoms with Crippen molar-refractivity contribution in [2.24, 2.45) is 0 Å². The highest BCUT2D eigenvalue weighted by Gasteiger charge is 1.96. The lowest BCUT2D eigenvalue weighted by atomic mass is 10.1. The molecule has 1 rings (SSSR count). The molecule has 0 aliphatic carbocycles. The minimum absolute atomic E-state index is 0.751. The van der Waals surface area contributed by atoms with Crippen LogP contribution in [0.4, 0.5) is 5.42 Å². The highest BCUT2D eigenvalue weighted by molar-refractivity contribution is 7.33. The van der Waals surface area contributed by atoms with E-state index in [1.165, 1.54) is 24.8 Å². The first-order valence-corrected chi connectivity index (χ1v) is 4.84. The molecule has 0 aliphatic heterocycles. The van der Waals surface area contributed by atoms with Gasteiger partial charge in [-0.1, -0.05) is 19.4 Å². The van der Waals surface area contributed by atoms with Crippen molar-refractivity contribution in [2.45, 2.75) is 26.2 Å². The van der Waals surface area contributed by atoms with E-state index in [1.807, 2.05) is 0 Å². The zero-order chi connectivity index (χ0) is 7.40. The number of aryl methyl sites for hydroxylation is 1. The molecule has 0 spiro atoms. The van der Waals surface area contributed by atoms with Gasteiger partial charge in [-0.15, -0.1) is 8.19 Å². The topological polar surface area (TPSA) is 26.0 Å². The molecule has 0 saturated heterocycles. The van der Waals surface area contributed by atoms with Gasteiger partial charge in [0.05, 0.1) is 5.42 Å². The van der Waals surface area contributed by atoms with Crippen molar-refractivity contribution in [1.29, 1.82) is 0 Å². The standard InChI is InChI=1S/C8H14NP/c1-2-3-4-7-5-6-10-8(7)9/h5-6,10H,2-4,9H2,1H3. The number of nitrogens with two attached hydrogens (primary N) is 1. The summed E-state index contributed by atoms with van der Waals surface area (Å²) in [6, 6.07) is 2.17. The van der Waals surface area contributed by atoms with Crippen LogP contribution in [0.1, 0.15) is 25.3 Å². The monoisotopic (exact) mass is 155 g/mol. The van der Waals surface area contributed by atoms with Crippen LogP contribution in [0.25, 0.3) is 0 Å². The van der Waals surface area contributed by atoms with Crippen LogP contribution in [0.2, 0.25) is 0 Å². The number of rotatable bonds is 3. The van der Waals surface area contributed by atoms with E-state index in [0.29, 0.717) is 0 Å². The average Bonchev–Trinajstić information content (AvgIpc) is 2.31. The number of anilines is 1. The predicted molar refractivity (Wildman–Crippen MR) is 49.0 cm³/mol. The molecule has 1 unspecified atom stereocenters. The van der Waals surface area contributed by atoms with Crippen LogP contribution in [-0.2, 0) is 6.42 Å². The Morgan fingerprint density at radius 1 is 1.60 bits per heavy atom. The van der Waals surface area contributed by atoms with Gasteiger partial charge in [-0.05, 0) is 24.2 Å². The molecule has 1 aromatic rings. The van der Waals surface area contributed by atoms with Gasteiger partial charge >= 0.3 is 0 Å². The lowest BCUT2D eigenvalue weighted by Crippen LogP contribution is -1.87. The molecule has 0 aliphatic rings. The second kappa shape index (κ2) is 3.68. The maximum absolute atomic E-state index is 5.75. The van der Waals surface area contributed by atoms with Crippen molar-refractivity contribution in [3.05, 3.63) is 17.4 Å². The molecule has 1 atom stereocenters. The molecule has 56 valence electrons. The lowest BCUT2D eigenvalue weighted by molar-refractivity contribution is 0.798. The Balaban J connectivity index is 2.49. The van der Waals surface area contributed by atoms with Gasteiger partial charge < -0.3 is 5.73 Å². The van der Waals surface area contributed by atoms with Gasteiger partial charge in [0, 0.05) is 0 Å². The summed E-state index contributed by atoms with van der Waals surface area (Å²) < 4.78 is 0. The molecule has 0 bridgehead atoms. The summed E-state index contributed by atoms with van der Waals surface area (Å²) in [7, 11) is 0.751. The van der Waals surface area contributed by atoms with Gasteiger partial charge in [-0.2, -0.15) is 0 Å². The smallest absolute Gasteiger partial charge is 0.0510 e. The van der Waals surface area contributed by atoms with Gasteiger partial charge in [0.25, 0.3) is 0 Å². The highest BCUT2D eigenvalue weighted by Crippen LogP contribution is 2.25. The molecule has 0 fully saturated rings. The number of nitrogen functional groups attached to an aromatic ring is 1. The summed E-state index contributed by atoms with van der Waals surface area (Å²) in [5, 5.41) is 0. The Morgan fingerprint density at radius 2 is 2.40 bits per heavy atom. The molecule has 2 N–H and O–H groups in total. The number of unbranched alkanes of at least 4 members (excludes halogenated alkanes) is 1. The predicted octanol–water partition coefficient (Wildman–Crippen LogP) is 2.64. The second-order valence-electron chi connectivity index (χ2n) is 2.52. The van der Waals surface area contributed by atoms with Gasteiger partial charge in [0.2, 0.25) is 0 Å². The van der Waals surface area contributed by atoms with Crippen LogP contribution in [0.5, 0.6) is 0 Å². The van der Waals surface area contributed by atoms with Gasteiger partial charge in [0.15, 0.2) is 0 Å². The van der Waals surface area contributed by atoms with E-state index in [-0.39, 0.29) is 0 Å². The fourth-order valence-electron chi connectivity index (χ4n) is 1.000. The quantitative estimate of drug-likeness (QED) is 0.713. The van der Waals surface area contributed by atoms with Crippen LogP contribution in [-0.4, -0.2) is 0 Å². The SMILES string of the molecule is CCCCc1cc[pH]c1N. The summed E-state index contributed by atoms with van der Waals surface area (Å²) >= 11 is 0. The largest absolute Gasteiger partial charge is 0.396 e. The molecule has 1 aromatic heterocycles. The van der Waals surface area contributed by atoms with Gasteiger partial charge in [0.1, 0.15) is 0 Å². The van der Waals surface area contributed by atoms with Crippen LogP contribution < -0.4 is 5.73 Å². The van der Waals surface area contributed by atoms with E-state index in [0.717, 1.165) is 13.6 Å². The summed E-state index contributed by atoms with van der Waals surface area (Å²) in [5.41, 5.74) is 8.23. The summed E-state index contributed by atoms with van der Waals surface area (Å²) in [6.07, 6.45) is 3.70. The van der Waals surface area contributed by atoms with Crippen molar-refractivity contribution in [2.75, 3.05) is 5.73 Å². The van der Waals surface area contributed by atoms with Crippen molar-refractivity contribution in [1.82, 2.24) is 0 Å². The summed E-state index contributed by atoms with van der Waals surface area (Å²) in [5.74, 6) is 2.17. The average molecular weight is 155 g/mol. The van der Waals surface area contributed by atoms with E-state index in [2.05, 4.69) is 18.8 Å². The molecule has 0 aromatic carbocycles. The molecule has 2 heteroatoms. The number of hydrogen-bond donors (Lipinski definition) is 1. The molecule has 1 heterocycles. The maximum atomic E-state index is 5.75. The zero-order valence-electron chi connectivity index (χ0n) is 6.35. The lowest BCUT2D eigenvalue weighted by Gasteiger charge is -1.96. The molecule has 0 amide bonds. The van der Waals surface area contributed by atoms with Crippen LogP contribution in [0.15, 0.2) is 11.9 Å². The first-order chi connectivity index (χ1) is 4.84. The maximum Gasteiger partial charge on any atom is 0.0510 e. The van der Waals surface area contributed by atoms with Gasteiger partial charge in [-0.25, -0.2) is 0 Å². The van der Waals surface area contributed by atoms with E-state index >= 15 is 0 Å². The Morgan fingerprint density at radius 3 is 2.90 bits per heavy atom. The Bertz CT molecular complexity index is 193. The first-order valence-electron chi connectivity index (χ1n) is 3.76. The van der Waals surface area contributed by atoms with E-state index in [9.17, 15) is 0 Å². The molecule has 1 nitrogen and oxygen atoms in total. The zero-order valence-corrected chi connectivity index (χ0v) is 7.35. The second-order valence-corrected chi connectivity index (χ2v) is 3.68. The minimum atomic E-state index is 0.751. The van der Waals surface area contributed by atoms with Gasteiger partial charge in [-0.3, -0.25) is 0 Å². The van der Waals surface area contributed by atoms with E-state index in [1.54, 1.807) is 0 Å². The van der Waals surface area contributed by atoms with Crippen molar-refractivity contribution in [3.63, 3.8) is 0 Å². The van der Waals surface area contributed by atoms with E-state index in [4.69, 9.17) is 5.73 Å².